The molecular weight excluding hydrogens is 198 g/mol. The van der Waals surface area contributed by atoms with E-state index in [0.29, 0.717) is 6.04 Å². The molecule has 0 atom stereocenters. The van der Waals surface area contributed by atoms with Crippen LogP contribution in [0.25, 0.3) is 11.1 Å². The monoisotopic (exact) mass is 213 g/mol. The van der Waals surface area contributed by atoms with E-state index in [1.54, 1.807) is 0 Å². The molecule has 1 aromatic heterocycles. The second kappa shape index (κ2) is 3.37. The fraction of sp³-hybridized carbons (Fsp3) is 0.308. The summed E-state index contributed by atoms with van der Waals surface area (Å²) in [4.78, 5) is 0. The van der Waals surface area contributed by atoms with Crippen molar-refractivity contribution in [1.82, 2.24) is 9.78 Å². The molecule has 1 fully saturated rings. The lowest BCUT2D eigenvalue weighted by Gasteiger charge is -2.03. The minimum absolute atomic E-state index is 0.625. The number of benzene rings is 1. The fourth-order valence-electron chi connectivity index (χ4n) is 1.94. The lowest BCUT2D eigenvalue weighted by molar-refractivity contribution is 0.642. The van der Waals surface area contributed by atoms with Gasteiger partial charge < -0.3 is 5.73 Å². The molecular formula is C13H15N3. The number of nitrogen functional groups attached to an aromatic ring is 1. The second-order valence-corrected chi connectivity index (χ2v) is 4.53. The molecule has 2 N–H and O–H groups in total. The predicted octanol–water partition coefficient (Wildman–Crippen LogP) is 2.78. The van der Waals surface area contributed by atoms with Crippen molar-refractivity contribution >= 4 is 5.69 Å². The third kappa shape index (κ3) is 1.58. The van der Waals surface area contributed by atoms with Crippen LogP contribution in [0, 0.1) is 6.92 Å². The number of aromatic nitrogens is 2. The normalized spacial score (nSPS) is 15.3. The highest BCUT2D eigenvalue weighted by molar-refractivity contribution is 5.76. The lowest BCUT2D eigenvalue weighted by Crippen LogP contribution is -1.92. The zero-order valence-corrected chi connectivity index (χ0v) is 9.35. The molecule has 2 aromatic rings. The summed E-state index contributed by atoms with van der Waals surface area (Å²) in [5, 5.41) is 4.39. The van der Waals surface area contributed by atoms with Crippen LogP contribution in [0.3, 0.4) is 0 Å². The van der Waals surface area contributed by atoms with E-state index in [-0.39, 0.29) is 0 Å². The van der Waals surface area contributed by atoms with Gasteiger partial charge in [-0.05, 0) is 31.9 Å². The van der Waals surface area contributed by atoms with E-state index in [0.717, 1.165) is 16.8 Å². The van der Waals surface area contributed by atoms with Gasteiger partial charge in [-0.25, -0.2) is 0 Å². The van der Waals surface area contributed by atoms with Gasteiger partial charge in [-0.2, -0.15) is 5.10 Å². The van der Waals surface area contributed by atoms with Crippen molar-refractivity contribution in [2.75, 3.05) is 5.73 Å². The van der Waals surface area contributed by atoms with Crippen molar-refractivity contribution in [3.8, 4) is 11.1 Å². The van der Waals surface area contributed by atoms with Crippen LogP contribution in [0.2, 0.25) is 0 Å². The van der Waals surface area contributed by atoms with Crippen LogP contribution in [0.5, 0.6) is 0 Å². The Morgan fingerprint density at radius 1 is 1.38 bits per heavy atom. The van der Waals surface area contributed by atoms with E-state index in [2.05, 4.69) is 29.0 Å². The average Bonchev–Trinajstić information content (AvgIpc) is 3.01. The van der Waals surface area contributed by atoms with Crippen molar-refractivity contribution in [2.24, 2.45) is 0 Å². The van der Waals surface area contributed by atoms with Crippen LogP contribution in [-0.4, -0.2) is 9.78 Å². The van der Waals surface area contributed by atoms with E-state index in [1.165, 1.54) is 18.4 Å². The number of hydrogen-bond acceptors (Lipinski definition) is 2. The lowest BCUT2D eigenvalue weighted by atomic mass is 10.0. The standard InChI is InChI=1S/C13H15N3/c1-9-2-5-13(14)12(6-9)10-7-15-16(8-10)11-3-4-11/h2,5-8,11H,3-4,14H2,1H3. The molecule has 1 heterocycles. The molecule has 0 amide bonds. The van der Waals surface area contributed by atoms with Gasteiger partial charge in [0.25, 0.3) is 0 Å². The highest BCUT2D eigenvalue weighted by Gasteiger charge is 2.24. The summed E-state index contributed by atoms with van der Waals surface area (Å²) in [7, 11) is 0. The number of hydrogen-bond donors (Lipinski definition) is 1. The van der Waals surface area contributed by atoms with Gasteiger partial charge in [0.1, 0.15) is 0 Å². The first-order valence-electron chi connectivity index (χ1n) is 5.65. The average molecular weight is 213 g/mol. The van der Waals surface area contributed by atoms with Gasteiger partial charge in [0.05, 0.1) is 12.2 Å². The minimum atomic E-state index is 0.625. The van der Waals surface area contributed by atoms with E-state index < -0.39 is 0 Å². The summed E-state index contributed by atoms with van der Waals surface area (Å²) in [5.41, 5.74) is 10.2. The predicted molar refractivity (Wildman–Crippen MR) is 65.1 cm³/mol. The molecule has 0 unspecified atom stereocenters. The molecule has 0 bridgehead atoms. The minimum Gasteiger partial charge on any atom is -0.398 e. The quantitative estimate of drug-likeness (QED) is 0.779. The van der Waals surface area contributed by atoms with Gasteiger partial charge >= 0.3 is 0 Å². The number of nitrogens with two attached hydrogens (primary N) is 1. The third-order valence-corrected chi connectivity index (χ3v) is 3.04. The molecule has 1 aliphatic carbocycles. The Hall–Kier alpha value is -1.77. The molecule has 3 nitrogen and oxygen atoms in total. The number of nitrogens with zero attached hydrogens (tertiary/aromatic N) is 2. The summed E-state index contributed by atoms with van der Waals surface area (Å²) >= 11 is 0. The zero-order valence-electron chi connectivity index (χ0n) is 9.35. The largest absolute Gasteiger partial charge is 0.398 e. The molecule has 0 aliphatic heterocycles. The molecule has 1 aromatic carbocycles. The molecule has 3 rings (SSSR count). The Morgan fingerprint density at radius 2 is 2.19 bits per heavy atom. The van der Waals surface area contributed by atoms with Gasteiger partial charge in [-0.15, -0.1) is 0 Å². The smallest absolute Gasteiger partial charge is 0.0569 e. The van der Waals surface area contributed by atoms with Gasteiger partial charge in [0, 0.05) is 23.0 Å². The molecule has 3 heteroatoms. The Balaban J connectivity index is 2.03. The number of aryl methyl sites for hydroxylation is 1. The van der Waals surface area contributed by atoms with Crippen LogP contribution < -0.4 is 5.73 Å². The van der Waals surface area contributed by atoms with Crippen LogP contribution in [0.1, 0.15) is 24.4 Å². The summed E-state index contributed by atoms with van der Waals surface area (Å²) in [6, 6.07) is 6.73. The highest BCUT2D eigenvalue weighted by atomic mass is 15.3. The Bertz CT molecular complexity index is 524. The third-order valence-electron chi connectivity index (χ3n) is 3.04. The van der Waals surface area contributed by atoms with Crippen LogP contribution in [-0.2, 0) is 0 Å². The summed E-state index contributed by atoms with van der Waals surface area (Å²) in [6.07, 6.45) is 6.51. The molecule has 0 spiro atoms. The van der Waals surface area contributed by atoms with Crippen molar-refractivity contribution < 1.29 is 0 Å². The highest BCUT2D eigenvalue weighted by Crippen LogP contribution is 2.36. The summed E-state index contributed by atoms with van der Waals surface area (Å²) in [6.45, 7) is 2.08. The Kier molecular flexibility index (Phi) is 1.99. The molecule has 16 heavy (non-hydrogen) atoms. The van der Waals surface area contributed by atoms with Gasteiger partial charge in [0.2, 0.25) is 0 Å². The molecule has 1 aliphatic rings. The SMILES string of the molecule is Cc1ccc(N)c(-c2cnn(C3CC3)c2)c1. The maximum atomic E-state index is 5.99. The first-order chi connectivity index (χ1) is 7.74. The van der Waals surface area contributed by atoms with Crippen LogP contribution in [0.4, 0.5) is 5.69 Å². The first kappa shape index (κ1) is 9.46. The Labute approximate surface area is 94.9 Å². The van der Waals surface area contributed by atoms with E-state index in [4.69, 9.17) is 5.73 Å². The molecule has 0 saturated heterocycles. The topological polar surface area (TPSA) is 43.8 Å². The maximum Gasteiger partial charge on any atom is 0.0569 e. The van der Waals surface area contributed by atoms with Gasteiger partial charge in [-0.3, -0.25) is 4.68 Å². The Morgan fingerprint density at radius 3 is 2.94 bits per heavy atom. The van der Waals surface area contributed by atoms with Crippen molar-refractivity contribution in [3.63, 3.8) is 0 Å². The van der Waals surface area contributed by atoms with Crippen molar-refractivity contribution in [2.45, 2.75) is 25.8 Å². The maximum absolute atomic E-state index is 5.99. The zero-order chi connectivity index (χ0) is 11.1. The van der Waals surface area contributed by atoms with Crippen LogP contribution >= 0.6 is 0 Å². The number of rotatable bonds is 2. The van der Waals surface area contributed by atoms with Crippen molar-refractivity contribution in [3.05, 3.63) is 36.2 Å². The van der Waals surface area contributed by atoms with E-state index >= 15 is 0 Å². The van der Waals surface area contributed by atoms with Crippen molar-refractivity contribution in [1.29, 1.82) is 0 Å². The fourth-order valence-corrected chi connectivity index (χ4v) is 1.94. The van der Waals surface area contributed by atoms with Crippen LogP contribution in [0.15, 0.2) is 30.6 Å². The molecule has 1 saturated carbocycles. The molecule has 82 valence electrons. The van der Waals surface area contributed by atoms with Gasteiger partial charge in [-0.1, -0.05) is 11.6 Å². The second-order valence-electron chi connectivity index (χ2n) is 4.53. The number of anilines is 1. The summed E-state index contributed by atoms with van der Waals surface area (Å²) in [5.74, 6) is 0. The van der Waals surface area contributed by atoms with E-state index in [9.17, 15) is 0 Å². The molecule has 0 radical (unpaired) electrons. The summed E-state index contributed by atoms with van der Waals surface area (Å²) < 4.78 is 2.05. The van der Waals surface area contributed by atoms with Gasteiger partial charge in [0.15, 0.2) is 0 Å². The first-order valence-corrected chi connectivity index (χ1v) is 5.65. The van der Waals surface area contributed by atoms with E-state index in [1.807, 2.05) is 18.3 Å².